The number of halogens is 4. The SMILES string of the molecule is C.C.Cc1cc(C)c(N2CCN(c3c(C)cc(C)cc3C)C2)c(C)c1.Cc1cc(C)c(N2[CH-]N(c3c(C)cc(C)cc3C)CC2)c(C)c1.[Cl][Ru]([Cl])=[C]1C=C(c2ccccc2)c2ccccc21.[Cl][Ru]([Cl])=[C]1C=C(c2ccccc2)c2ccccc21.c1ccc([PH+](c2ccccc2)N2CCOCC2)cc1.c1ccc([PH+](c2ccccc2)N2CCOCC2)cc1.c1ccc([PH+](c2ccccc2)N2CCOCC2)cc1. The molecule has 0 radical (unpaired) electrons. The number of morpholine rings is 3. The monoisotopic (exact) mass is 2190 g/mol. The Morgan fingerprint density at radius 2 is 0.454 bits per heavy atom. The van der Waals surface area contributed by atoms with Gasteiger partial charge in [-0.3, -0.25) is 0 Å². The van der Waals surface area contributed by atoms with Crippen LogP contribution in [-0.4, -0.2) is 134 Å². The molecule has 5 heterocycles. The van der Waals surface area contributed by atoms with Gasteiger partial charge < -0.3 is 33.8 Å². The summed E-state index contributed by atoms with van der Waals surface area (Å²) in [4.78, 5) is 9.87. The van der Waals surface area contributed by atoms with Gasteiger partial charge in [-0.05, 0) is 200 Å². The number of hydrogen-bond donors (Lipinski definition) is 0. The summed E-state index contributed by atoms with van der Waals surface area (Å²) in [6, 6.07) is 121. The molecule has 14 aromatic rings. The van der Waals surface area contributed by atoms with E-state index in [0.717, 1.165) is 120 Å². The normalized spacial score (nSPS) is 15.2. The smallest absolute Gasteiger partial charge is 0.135 e. The molecule has 5 saturated heterocycles. The van der Waals surface area contributed by atoms with E-state index in [-0.39, 0.29) is 14.9 Å². The predicted octanol–water partition coefficient (Wildman–Crippen LogP) is 26.5. The number of hydrogen-bond acceptors (Lipinski definition) is 10. The van der Waals surface area contributed by atoms with Gasteiger partial charge in [0, 0.05) is 48.9 Å². The molecule has 0 spiro atoms. The maximum atomic E-state index is 6.19. The van der Waals surface area contributed by atoms with E-state index in [2.05, 4.69) is 427 Å². The van der Waals surface area contributed by atoms with Crippen molar-refractivity contribution in [3.8, 4) is 0 Å². The summed E-state index contributed by atoms with van der Waals surface area (Å²) in [6.45, 7) is 45.4. The van der Waals surface area contributed by atoms with Crippen molar-refractivity contribution < 1.29 is 41.2 Å². The van der Waals surface area contributed by atoms with Gasteiger partial charge in [-0.15, -0.1) is 0 Å². The quantitative estimate of drug-likeness (QED) is 0.0564. The number of allylic oxidation sites excluding steroid dienone is 2. The number of fused-ring (bicyclic) bond motifs is 2. The fourth-order valence-electron chi connectivity index (χ4n) is 20.3. The third-order valence-electron chi connectivity index (χ3n) is 25.8. The Morgan fingerprint density at radius 1 is 0.248 bits per heavy atom. The molecule has 0 amide bonds. The molecule has 10 nitrogen and oxygen atoms in total. The van der Waals surface area contributed by atoms with Crippen LogP contribution in [-0.2, 0) is 41.2 Å². The van der Waals surface area contributed by atoms with Crippen molar-refractivity contribution in [3.63, 3.8) is 0 Å². The van der Waals surface area contributed by atoms with Crippen LogP contribution in [0.15, 0.2) is 352 Å². The van der Waals surface area contributed by atoms with Gasteiger partial charge >= 0.3 is 240 Å². The summed E-state index contributed by atoms with van der Waals surface area (Å²) in [5.41, 5.74) is 31.7. The molecule has 0 bridgehead atoms. The minimum absolute atomic E-state index is 0. The third kappa shape index (κ3) is 28.8. The van der Waals surface area contributed by atoms with Crippen LogP contribution in [0.1, 0.15) is 115 Å². The van der Waals surface area contributed by atoms with E-state index in [1.807, 2.05) is 48.5 Å². The largest absolute Gasteiger partial charge is 0.379 e. The van der Waals surface area contributed by atoms with Crippen LogP contribution in [0.2, 0.25) is 0 Å². The van der Waals surface area contributed by atoms with Gasteiger partial charge in [-0.1, -0.05) is 195 Å². The average molecular weight is 2190 g/mol. The first-order valence-corrected chi connectivity index (χ1v) is 63.2. The van der Waals surface area contributed by atoms with Crippen LogP contribution in [0, 0.1) is 89.8 Å². The molecule has 2 aliphatic carbocycles. The van der Waals surface area contributed by atoms with Gasteiger partial charge in [-0.25, -0.2) is 0 Å². The van der Waals surface area contributed by atoms with Crippen LogP contribution < -0.4 is 51.4 Å². The standard InChI is InChI=1S/C21H28N2.C21H27N2.3C16H18NOP.2C15H10.2CH4.4ClH.2Ru/c2*1-14-9-16(3)20(17(4)10-14)22-7-8-23(13-22)21-18(5)11-15(2)12-19(21)6;3*1-3-7-15(8-4-1)19(16-9-5-2-6-10-16)17-11-13-18-14-12-17;2*1-2-6-12(7-3-1)15-11-10-13-8-4-5-9-14(13)15;;;;;;;;/h9-12H,7-8,13H2,1-6H3;9-13H,7-8H2,1-6H3;3*1-10H,11-14H2;2*1-9,11H;2*1H4;4*1H;;/q;-1;;;;;;;;;;;;2*+2/p-1. The summed E-state index contributed by atoms with van der Waals surface area (Å²) in [7, 11) is 22.2. The zero-order chi connectivity index (χ0) is 97.3. The van der Waals surface area contributed by atoms with Gasteiger partial charge in [0.25, 0.3) is 0 Å². The molecule has 0 N–H and O–H groups in total. The van der Waals surface area contributed by atoms with Crippen LogP contribution in [0.3, 0.4) is 0 Å². The summed E-state index contributed by atoms with van der Waals surface area (Å²) in [5, 5.41) is 8.75. The second-order valence-electron chi connectivity index (χ2n) is 36.2. The predicted molar refractivity (Wildman–Crippen MR) is 615 cm³/mol. The van der Waals surface area contributed by atoms with Crippen molar-refractivity contribution in [1.29, 1.82) is 0 Å². The molecular formula is C122H140Cl4N7O3P3Ru2+2. The molecular weight excluding hydrogens is 2050 g/mol. The van der Waals surface area contributed by atoms with Gasteiger partial charge in [0.1, 0.15) is 56.0 Å². The van der Waals surface area contributed by atoms with Crippen molar-refractivity contribution in [2.75, 3.05) is 131 Å². The maximum Gasteiger partial charge on any atom is 0.135 e. The minimum atomic E-state index is -1.88. The Hall–Kier alpha value is -9.04. The molecule has 738 valence electrons. The maximum absolute atomic E-state index is 6.19. The van der Waals surface area contributed by atoms with Crippen molar-refractivity contribution in [2.45, 2.75) is 97.9 Å². The van der Waals surface area contributed by atoms with Gasteiger partial charge in [-0.2, -0.15) is 20.7 Å². The zero-order valence-electron chi connectivity index (χ0n) is 82.2. The molecule has 5 aliphatic heterocycles. The van der Waals surface area contributed by atoms with Crippen molar-refractivity contribution >= 4 is 137 Å². The van der Waals surface area contributed by atoms with Crippen LogP contribution in [0.25, 0.3) is 11.1 Å². The fraction of sp³-hybridized carbons (Fsp3) is 0.254. The molecule has 19 heteroatoms. The summed E-state index contributed by atoms with van der Waals surface area (Å²) in [6.07, 6.45) is 4.30. The Balaban J connectivity index is 0.000000138. The third-order valence-corrected chi connectivity index (χ3v) is 40.6. The van der Waals surface area contributed by atoms with Crippen LogP contribution >= 0.6 is 63.0 Å². The van der Waals surface area contributed by atoms with E-state index in [1.165, 1.54) is 166 Å². The van der Waals surface area contributed by atoms with E-state index in [1.54, 1.807) is 0 Å². The minimum Gasteiger partial charge on any atom is -0.379 e. The van der Waals surface area contributed by atoms with E-state index in [0.29, 0.717) is 0 Å². The number of anilines is 4. The van der Waals surface area contributed by atoms with Gasteiger partial charge in [0.05, 0.1) is 85.6 Å². The molecule has 21 rings (SSSR count). The molecule has 0 atom stereocenters. The first-order chi connectivity index (χ1) is 67.6. The van der Waals surface area contributed by atoms with E-state index in [4.69, 9.17) is 53.0 Å². The first kappa shape index (κ1) is 109. The Labute approximate surface area is 872 Å². The van der Waals surface area contributed by atoms with Gasteiger partial charge in [0.2, 0.25) is 0 Å². The fourth-order valence-corrected chi connectivity index (χ4v) is 33.3. The Kier molecular flexibility index (Phi) is 42.0. The molecule has 141 heavy (non-hydrogen) atoms. The molecule has 7 aliphatic rings. The van der Waals surface area contributed by atoms with E-state index >= 15 is 0 Å². The summed E-state index contributed by atoms with van der Waals surface area (Å²) >= 11 is -3.76. The number of aryl methyl sites for hydroxylation is 12. The summed E-state index contributed by atoms with van der Waals surface area (Å²) < 4.78 is 26.6. The Bertz CT molecular complexity index is 5700. The Morgan fingerprint density at radius 3 is 0.681 bits per heavy atom. The topological polar surface area (TPSA) is 50.4 Å². The van der Waals surface area contributed by atoms with E-state index < -0.39 is 51.3 Å². The van der Waals surface area contributed by atoms with Crippen LogP contribution in [0.5, 0.6) is 0 Å². The molecule has 0 unspecified atom stereocenters. The van der Waals surface area contributed by atoms with Crippen molar-refractivity contribution in [1.82, 2.24) is 14.0 Å². The number of ether oxygens (including phenoxy) is 3. The zero-order valence-corrected chi connectivity index (χ0v) is 91.7. The average Bonchev–Trinajstić information content (AvgIpc) is 1.60. The van der Waals surface area contributed by atoms with Crippen molar-refractivity contribution in [3.05, 3.63) is 459 Å². The summed E-state index contributed by atoms with van der Waals surface area (Å²) in [5.74, 6) is 0. The van der Waals surface area contributed by atoms with E-state index in [9.17, 15) is 0 Å². The first-order valence-electron chi connectivity index (χ1n) is 48.2. The second kappa shape index (κ2) is 54.2. The second-order valence-corrected chi connectivity index (χ2v) is 55.3. The molecule has 0 saturated carbocycles. The van der Waals surface area contributed by atoms with Crippen LogP contribution in [0.4, 0.5) is 22.7 Å². The number of rotatable bonds is 15. The number of nitrogens with zero attached hydrogens (tertiary/aromatic N) is 7. The molecule has 5 fully saturated rings. The van der Waals surface area contributed by atoms with Gasteiger partial charge in [0.15, 0.2) is 0 Å². The van der Waals surface area contributed by atoms with Crippen molar-refractivity contribution in [2.24, 2.45) is 0 Å². The number of benzene rings is 14. The molecule has 0 aromatic heterocycles. The molecule has 14 aromatic carbocycles.